The molecule has 0 atom stereocenters. The van der Waals surface area contributed by atoms with Crippen LogP contribution in [-0.2, 0) is 4.79 Å². The van der Waals surface area contributed by atoms with Crippen molar-refractivity contribution in [3.63, 3.8) is 0 Å². The summed E-state index contributed by atoms with van der Waals surface area (Å²) < 4.78 is 49.1. The highest BCUT2D eigenvalue weighted by Crippen LogP contribution is 2.21. The molecule has 0 unspecified atom stereocenters. The quantitative estimate of drug-likeness (QED) is 0.626. The first-order valence-corrected chi connectivity index (χ1v) is 5.67. The Morgan fingerprint density at radius 2 is 1.81 bits per heavy atom. The molecule has 0 spiro atoms. The van der Waals surface area contributed by atoms with Gasteiger partial charge in [0.05, 0.1) is 6.54 Å². The minimum Gasteiger partial charge on any atom is -0.478 e. The van der Waals surface area contributed by atoms with E-state index in [1.807, 2.05) is 0 Å². The standard InChI is InChI=1S/C13H11F4NO3/c14-12(15)13(16,17)7-18-11(21)9-4-1-8(2-5-9)3-6-10(19)20/h1-6,12H,7H2,(H,18,21)(H,19,20)/b6-3+. The summed E-state index contributed by atoms with van der Waals surface area (Å²) in [6.45, 7) is -1.47. The van der Waals surface area contributed by atoms with Crippen LogP contribution in [0.4, 0.5) is 17.6 Å². The molecule has 0 aliphatic carbocycles. The van der Waals surface area contributed by atoms with Crippen molar-refractivity contribution >= 4 is 18.0 Å². The Labute approximate surface area is 117 Å². The van der Waals surface area contributed by atoms with Crippen LogP contribution >= 0.6 is 0 Å². The number of benzene rings is 1. The molecule has 0 fully saturated rings. The maximum Gasteiger partial charge on any atom is 0.328 e. The molecule has 8 heteroatoms. The second-order valence-electron chi connectivity index (χ2n) is 4.04. The Morgan fingerprint density at radius 1 is 1.24 bits per heavy atom. The lowest BCUT2D eigenvalue weighted by Crippen LogP contribution is -2.41. The zero-order valence-corrected chi connectivity index (χ0v) is 10.5. The predicted octanol–water partition coefficient (Wildman–Crippen LogP) is 2.41. The van der Waals surface area contributed by atoms with Gasteiger partial charge < -0.3 is 10.4 Å². The Kier molecular flexibility index (Phi) is 5.45. The number of aliphatic carboxylic acids is 1. The third kappa shape index (κ3) is 5.25. The Morgan fingerprint density at radius 3 is 2.29 bits per heavy atom. The number of carbonyl (C=O) groups is 2. The van der Waals surface area contributed by atoms with Crippen LogP contribution in [0.5, 0.6) is 0 Å². The van der Waals surface area contributed by atoms with E-state index in [2.05, 4.69) is 0 Å². The molecule has 0 bridgehead atoms. The van der Waals surface area contributed by atoms with Crippen LogP contribution in [0.2, 0.25) is 0 Å². The molecule has 2 N–H and O–H groups in total. The minimum atomic E-state index is -4.29. The first kappa shape index (κ1) is 16.7. The predicted molar refractivity (Wildman–Crippen MR) is 66.4 cm³/mol. The first-order chi connectivity index (χ1) is 9.72. The van der Waals surface area contributed by atoms with E-state index in [0.717, 1.165) is 6.08 Å². The van der Waals surface area contributed by atoms with E-state index in [-0.39, 0.29) is 5.56 Å². The Balaban J connectivity index is 2.66. The molecule has 0 saturated heterocycles. The molecule has 0 aliphatic heterocycles. The van der Waals surface area contributed by atoms with E-state index >= 15 is 0 Å². The van der Waals surface area contributed by atoms with Crippen LogP contribution in [0.3, 0.4) is 0 Å². The van der Waals surface area contributed by atoms with Gasteiger partial charge in [0.25, 0.3) is 5.91 Å². The summed E-state index contributed by atoms with van der Waals surface area (Å²) in [7, 11) is 0. The minimum absolute atomic E-state index is 0.00691. The fraction of sp³-hybridized carbons (Fsp3) is 0.231. The van der Waals surface area contributed by atoms with Crippen molar-refractivity contribution in [1.82, 2.24) is 5.32 Å². The summed E-state index contributed by atoms with van der Waals surface area (Å²) in [5.41, 5.74) is 0.472. The zero-order chi connectivity index (χ0) is 16.0. The van der Waals surface area contributed by atoms with Gasteiger partial charge in [-0.1, -0.05) is 12.1 Å². The van der Waals surface area contributed by atoms with Crippen molar-refractivity contribution in [3.8, 4) is 0 Å². The Hall–Kier alpha value is -2.38. The normalized spacial score (nSPS) is 11.9. The second-order valence-corrected chi connectivity index (χ2v) is 4.04. The number of hydrogen-bond acceptors (Lipinski definition) is 2. The average molecular weight is 305 g/mol. The summed E-state index contributed by atoms with van der Waals surface area (Å²) in [6, 6.07) is 5.30. The van der Waals surface area contributed by atoms with Crippen LogP contribution in [0.25, 0.3) is 6.08 Å². The molecule has 0 aromatic heterocycles. The molecule has 0 aliphatic rings. The van der Waals surface area contributed by atoms with Crippen molar-refractivity contribution in [2.75, 3.05) is 6.54 Å². The fourth-order valence-corrected chi connectivity index (χ4v) is 1.29. The van der Waals surface area contributed by atoms with E-state index < -0.39 is 30.8 Å². The van der Waals surface area contributed by atoms with Crippen LogP contribution in [-0.4, -0.2) is 35.9 Å². The number of alkyl halides is 4. The molecule has 4 nitrogen and oxygen atoms in total. The largest absolute Gasteiger partial charge is 0.478 e. The number of amides is 1. The van der Waals surface area contributed by atoms with Gasteiger partial charge in [0.15, 0.2) is 0 Å². The SMILES string of the molecule is O=C(O)/C=C/c1ccc(C(=O)NCC(F)(F)C(F)F)cc1. The first-order valence-electron chi connectivity index (χ1n) is 5.67. The topological polar surface area (TPSA) is 66.4 Å². The summed E-state index contributed by atoms with van der Waals surface area (Å²) >= 11 is 0. The van der Waals surface area contributed by atoms with E-state index in [0.29, 0.717) is 5.56 Å². The number of hydrogen-bond donors (Lipinski definition) is 2. The van der Waals surface area contributed by atoms with E-state index in [1.54, 1.807) is 5.32 Å². The van der Waals surface area contributed by atoms with Gasteiger partial charge in [-0.3, -0.25) is 4.79 Å². The molecule has 1 amide bonds. The number of carbonyl (C=O) groups excluding carboxylic acids is 1. The van der Waals surface area contributed by atoms with E-state index in [4.69, 9.17) is 5.11 Å². The summed E-state index contributed by atoms with van der Waals surface area (Å²) in [4.78, 5) is 21.8. The van der Waals surface area contributed by atoms with Crippen LogP contribution in [0, 0.1) is 0 Å². The van der Waals surface area contributed by atoms with Crippen molar-refractivity contribution in [3.05, 3.63) is 41.5 Å². The third-order valence-corrected chi connectivity index (χ3v) is 2.40. The van der Waals surface area contributed by atoms with Crippen molar-refractivity contribution in [2.45, 2.75) is 12.3 Å². The lowest BCUT2D eigenvalue weighted by atomic mass is 10.1. The smallest absolute Gasteiger partial charge is 0.328 e. The monoisotopic (exact) mass is 305 g/mol. The number of halogens is 4. The molecular weight excluding hydrogens is 294 g/mol. The van der Waals surface area contributed by atoms with Gasteiger partial charge >= 0.3 is 18.3 Å². The number of carboxylic acids is 1. The van der Waals surface area contributed by atoms with Gasteiger partial charge in [-0.15, -0.1) is 0 Å². The summed E-state index contributed by atoms with van der Waals surface area (Å²) in [5, 5.41) is 10.1. The van der Waals surface area contributed by atoms with Crippen LogP contribution < -0.4 is 5.32 Å². The lowest BCUT2D eigenvalue weighted by molar-refractivity contribution is -0.131. The molecule has 114 valence electrons. The molecule has 1 aromatic rings. The van der Waals surface area contributed by atoms with Gasteiger partial charge in [0.1, 0.15) is 0 Å². The van der Waals surface area contributed by atoms with Crippen molar-refractivity contribution in [2.24, 2.45) is 0 Å². The van der Waals surface area contributed by atoms with Gasteiger partial charge in [-0.25, -0.2) is 13.6 Å². The van der Waals surface area contributed by atoms with Crippen molar-refractivity contribution < 1.29 is 32.3 Å². The van der Waals surface area contributed by atoms with Gasteiger partial charge in [-0.05, 0) is 23.8 Å². The second kappa shape index (κ2) is 6.87. The van der Waals surface area contributed by atoms with Crippen molar-refractivity contribution in [1.29, 1.82) is 0 Å². The lowest BCUT2D eigenvalue weighted by Gasteiger charge is -2.15. The number of carboxylic acid groups (broad SMARTS) is 1. The zero-order valence-electron chi connectivity index (χ0n) is 10.5. The van der Waals surface area contributed by atoms with Crippen LogP contribution in [0.1, 0.15) is 15.9 Å². The number of rotatable bonds is 6. The summed E-state index contributed by atoms with van der Waals surface area (Å²) in [5.74, 6) is -6.37. The molecule has 0 heterocycles. The molecular formula is C13H11F4NO3. The highest BCUT2D eigenvalue weighted by molar-refractivity contribution is 5.94. The van der Waals surface area contributed by atoms with E-state index in [1.165, 1.54) is 30.3 Å². The molecule has 0 saturated carbocycles. The Bertz CT molecular complexity index is 541. The van der Waals surface area contributed by atoms with Gasteiger partial charge in [0.2, 0.25) is 0 Å². The maximum atomic E-state index is 12.6. The number of nitrogens with one attached hydrogen (secondary N) is 1. The summed E-state index contributed by atoms with van der Waals surface area (Å²) in [6.07, 6.45) is -1.70. The molecule has 21 heavy (non-hydrogen) atoms. The molecule has 0 radical (unpaired) electrons. The molecule has 1 aromatic carbocycles. The molecule has 1 rings (SSSR count). The van der Waals surface area contributed by atoms with Gasteiger partial charge in [0, 0.05) is 11.6 Å². The highest BCUT2D eigenvalue weighted by Gasteiger charge is 2.40. The van der Waals surface area contributed by atoms with Gasteiger partial charge in [-0.2, -0.15) is 8.78 Å². The third-order valence-electron chi connectivity index (χ3n) is 2.40. The average Bonchev–Trinajstić information content (AvgIpc) is 2.43. The highest BCUT2D eigenvalue weighted by atomic mass is 19.3. The van der Waals surface area contributed by atoms with Crippen LogP contribution in [0.15, 0.2) is 30.3 Å². The maximum absolute atomic E-state index is 12.6. The van der Waals surface area contributed by atoms with E-state index in [9.17, 15) is 27.2 Å². The fourth-order valence-electron chi connectivity index (χ4n) is 1.29.